The molecule has 0 saturated carbocycles. The summed E-state index contributed by atoms with van der Waals surface area (Å²) in [5, 5.41) is 12.5. The standard InChI is InChI=1S/C23H26ClN3O2/c1-29-21-8-4-17(5-9-21)2-3-18-10-12-27(13-11-18)16-23(28)26-22-14-20(24)7-6-19(22)15-25/h4-9,14,18H,2-3,10-13,16H2,1H3,(H,26,28). The van der Waals surface area contributed by atoms with Crippen molar-refractivity contribution in [2.75, 3.05) is 32.1 Å². The Morgan fingerprint density at radius 1 is 1.24 bits per heavy atom. The second-order valence-electron chi connectivity index (χ2n) is 7.46. The summed E-state index contributed by atoms with van der Waals surface area (Å²) in [5.41, 5.74) is 2.22. The number of methoxy groups -OCH3 is 1. The van der Waals surface area contributed by atoms with Crippen LogP contribution in [0, 0.1) is 17.2 Å². The fourth-order valence-electron chi connectivity index (χ4n) is 3.71. The maximum absolute atomic E-state index is 12.4. The SMILES string of the molecule is COc1ccc(CCC2CCN(CC(=O)Nc3cc(Cl)ccc3C#N)CC2)cc1. The van der Waals surface area contributed by atoms with E-state index in [4.69, 9.17) is 16.3 Å². The molecular weight excluding hydrogens is 386 g/mol. The van der Waals surface area contributed by atoms with E-state index in [1.807, 2.05) is 12.1 Å². The monoisotopic (exact) mass is 411 g/mol. The van der Waals surface area contributed by atoms with Gasteiger partial charge in [0.05, 0.1) is 24.9 Å². The number of likely N-dealkylation sites (tertiary alicyclic amines) is 1. The van der Waals surface area contributed by atoms with Crippen LogP contribution < -0.4 is 10.1 Å². The van der Waals surface area contributed by atoms with Gasteiger partial charge in [0.1, 0.15) is 11.8 Å². The zero-order valence-corrected chi connectivity index (χ0v) is 17.4. The minimum atomic E-state index is -0.111. The Kier molecular flexibility index (Phi) is 7.51. The number of nitrogens with one attached hydrogen (secondary N) is 1. The van der Waals surface area contributed by atoms with Gasteiger partial charge >= 0.3 is 0 Å². The van der Waals surface area contributed by atoms with Crippen LogP contribution in [0.5, 0.6) is 5.75 Å². The molecule has 1 amide bonds. The predicted octanol–water partition coefficient (Wildman–Crippen LogP) is 4.50. The number of aryl methyl sites for hydroxylation is 1. The second-order valence-corrected chi connectivity index (χ2v) is 7.89. The lowest BCUT2D eigenvalue weighted by Crippen LogP contribution is -2.39. The lowest BCUT2D eigenvalue weighted by molar-refractivity contribution is -0.117. The summed E-state index contributed by atoms with van der Waals surface area (Å²) >= 11 is 5.98. The van der Waals surface area contributed by atoms with Crippen LogP contribution in [0.2, 0.25) is 5.02 Å². The number of hydrogen-bond donors (Lipinski definition) is 1. The Morgan fingerprint density at radius 2 is 1.97 bits per heavy atom. The molecule has 1 N–H and O–H groups in total. The van der Waals surface area contributed by atoms with Gasteiger partial charge in [-0.25, -0.2) is 0 Å². The van der Waals surface area contributed by atoms with Crippen LogP contribution in [0.15, 0.2) is 42.5 Å². The summed E-state index contributed by atoms with van der Waals surface area (Å²) < 4.78 is 5.20. The van der Waals surface area contributed by atoms with Crippen molar-refractivity contribution >= 4 is 23.2 Å². The number of hydrogen-bond acceptors (Lipinski definition) is 4. The highest BCUT2D eigenvalue weighted by molar-refractivity contribution is 6.31. The van der Waals surface area contributed by atoms with Crippen LogP contribution in [0.25, 0.3) is 0 Å². The van der Waals surface area contributed by atoms with Crippen molar-refractivity contribution in [3.8, 4) is 11.8 Å². The summed E-state index contributed by atoms with van der Waals surface area (Å²) in [7, 11) is 1.68. The molecule has 1 fully saturated rings. The van der Waals surface area contributed by atoms with Gasteiger partial charge in [-0.05, 0) is 80.6 Å². The molecule has 0 spiro atoms. The van der Waals surface area contributed by atoms with Crippen LogP contribution in [0.4, 0.5) is 5.69 Å². The van der Waals surface area contributed by atoms with E-state index >= 15 is 0 Å². The lowest BCUT2D eigenvalue weighted by Gasteiger charge is -2.31. The molecule has 6 heteroatoms. The number of benzene rings is 2. The van der Waals surface area contributed by atoms with Crippen molar-refractivity contribution in [2.24, 2.45) is 5.92 Å². The Labute approximate surface area is 177 Å². The van der Waals surface area contributed by atoms with Crippen LogP contribution in [0.3, 0.4) is 0 Å². The normalized spacial score (nSPS) is 14.9. The smallest absolute Gasteiger partial charge is 0.238 e. The van der Waals surface area contributed by atoms with E-state index in [1.165, 1.54) is 12.0 Å². The first-order chi connectivity index (χ1) is 14.1. The Bertz CT molecular complexity index is 869. The molecular formula is C23H26ClN3O2. The van der Waals surface area contributed by atoms with E-state index in [-0.39, 0.29) is 5.91 Å². The van der Waals surface area contributed by atoms with Crippen LogP contribution in [0.1, 0.15) is 30.4 Å². The van der Waals surface area contributed by atoms with Gasteiger partial charge in [-0.2, -0.15) is 5.26 Å². The average molecular weight is 412 g/mol. The number of ether oxygens (including phenoxy) is 1. The van der Waals surface area contributed by atoms with Crippen molar-refractivity contribution in [1.82, 2.24) is 4.90 Å². The number of nitriles is 1. The molecule has 1 aliphatic heterocycles. The first-order valence-corrected chi connectivity index (χ1v) is 10.3. The third-order valence-electron chi connectivity index (χ3n) is 5.45. The van der Waals surface area contributed by atoms with E-state index in [2.05, 4.69) is 28.4 Å². The molecule has 0 unspecified atom stereocenters. The molecule has 1 aliphatic rings. The van der Waals surface area contributed by atoms with Crippen LogP contribution in [-0.4, -0.2) is 37.6 Å². The number of amides is 1. The molecule has 152 valence electrons. The molecule has 0 bridgehead atoms. The Morgan fingerprint density at radius 3 is 2.62 bits per heavy atom. The van der Waals surface area contributed by atoms with Gasteiger partial charge in [0, 0.05) is 5.02 Å². The number of rotatable bonds is 7. The minimum absolute atomic E-state index is 0.111. The molecule has 1 saturated heterocycles. The van der Waals surface area contributed by atoms with Gasteiger partial charge in [-0.3, -0.25) is 9.69 Å². The summed E-state index contributed by atoms with van der Waals surface area (Å²) in [5.74, 6) is 1.47. The highest BCUT2D eigenvalue weighted by Crippen LogP contribution is 2.24. The van der Waals surface area contributed by atoms with Gasteiger partial charge in [-0.1, -0.05) is 23.7 Å². The van der Waals surface area contributed by atoms with Crippen LogP contribution in [-0.2, 0) is 11.2 Å². The molecule has 0 aromatic heterocycles. The topological polar surface area (TPSA) is 65.4 Å². The van der Waals surface area contributed by atoms with Crippen molar-refractivity contribution < 1.29 is 9.53 Å². The zero-order valence-electron chi connectivity index (χ0n) is 16.7. The van der Waals surface area contributed by atoms with Gasteiger partial charge in [0.25, 0.3) is 0 Å². The molecule has 2 aromatic carbocycles. The zero-order chi connectivity index (χ0) is 20.6. The molecule has 0 aliphatic carbocycles. The number of carbonyl (C=O) groups excluding carboxylic acids is 1. The number of nitrogens with zero attached hydrogens (tertiary/aromatic N) is 2. The average Bonchev–Trinajstić information content (AvgIpc) is 2.74. The van der Waals surface area contributed by atoms with E-state index < -0.39 is 0 Å². The van der Waals surface area contributed by atoms with E-state index in [0.29, 0.717) is 28.7 Å². The summed E-state index contributed by atoms with van der Waals surface area (Å²) in [6.07, 6.45) is 4.44. The maximum Gasteiger partial charge on any atom is 0.238 e. The van der Waals surface area contributed by atoms with Gasteiger partial charge < -0.3 is 10.1 Å². The van der Waals surface area contributed by atoms with Crippen molar-refractivity contribution in [3.63, 3.8) is 0 Å². The molecule has 0 atom stereocenters. The van der Waals surface area contributed by atoms with E-state index in [0.717, 1.165) is 38.1 Å². The van der Waals surface area contributed by atoms with Crippen molar-refractivity contribution in [3.05, 3.63) is 58.6 Å². The Balaban J connectivity index is 1.42. The third-order valence-corrected chi connectivity index (χ3v) is 5.69. The van der Waals surface area contributed by atoms with Crippen molar-refractivity contribution in [2.45, 2.75) is 25.7 Å². The summed E-state index contributed by atoms with van der Waals surface area (Å²) in [6, 6.07) is 15.2. The van der Waals surface area contributed by atoms with Gasteiger partial charge in [0.15, 0.2) is 0 Å². The minimum Gasteiger partial charge on any atom is -0.497 e. The molecule has 5 nitrogen and oxygen atoms in total. The summed E-state index contributed by atoms with van der Waals surface area (Å²) in [4.78, 5) is 14.6. The number of carbonyl (C=O) groups is 1. The fourth-order valence-corrected chi connectivity index (χ4v) is 3.88. The lowest BCUT2D eigenvalue weighted by atomic mass is 9.90. The quantitative estimate of drug-likeness (QED) is 0.728. The molecule has 3 rings (SSSR count). The van der Waals surface area contributed by atoms with E-state index in [9.17, 15) is 10.1 Å². The van der Waals surface area contributed by atoms with Crippen molar-refractivity contribution in [1.29, 1.82) is 5.26 Å². The van der Waals surface area contributed by atoms with Crippen LogP contribution >= 0.6 is 11.6 Å². The van der Waals surface area contributed by atoms with Gasteiger partial charge in [-0.15, -0.1) is 0 Å². The number of halogens is 1. The first-order valence-electron chi connectivity index (χ1n) is 9.92. The predicted molar refractivity (Wildman–Crippen MR) is 115 cm³/mol. The fraction of sp³-hybridized carbons (Fsp3) is 0.391. The highest BCUT2D eigenvalue weighted by Gasteiger charge is 2.21. The molecule has 1 heterocycles. The third kappa shape index (κ3) is 6.22. The largest absolute Gasteiger partial charge is 0.497 e. The maximum atomic E-state index is 12.4. The Hall–Kier alpha value is -2.55. The van der Waals surface area contributed by atoms with E-state index in [1.54, 1.807) is 25.3 Å². The molecule has 29 heavy (non-hydrogen) atoms. The number of anilines is 1. The van der Waals surface area contributed by atoms with Gasteiger partial charge in [0.2, 0.25) is 5.91 Å². The molecule has 0 radical (unpaired) electrons. The number of piperidine rings is 1. The highest BCUT2D eigenvalue weighted by atomic mass is 35.5. The summed E-state index contributed by atoms with van der Waals surface area (Å²) in [6.45, 7) is 2.17. The first kappa shape index (κ1) is 21.2. The second kappa shape index (κ2) is 10.3. The molecule has 2 aromatic rings.